The fourth-order valence-electron chi connectivity index (χ4n) is 2.79. The van der Waals surface area contributed by atoms with E-state index in [4.69, 9.17) is 9.15 Å². The number of halogens is 4. The van der Waals surface area contributed by atoms with Gasteiger partial charge in [0.1, 0.15) is 5.82 Å². The molecule has 0 aliphatic carbocycles. The standard InChI is InChI=1S/C21H20F2N4OS.F2.H2/c1-12-4-5-15(13(2)10-12)8-9-24-20(28)19-21(27-26-14(3)25-19)29-16-6-7-17(22)18(23)11-16;1-2;/h4-7,10-11H,8-9H2,1-3H3,(H,24,28);;1H. The predicted molar refractivity (Wildman–Crippen MR) is 111 cm³/mol. The normalized spacial score (nSPS) is 10.3. The summed E-state index contributed by atoms with van der Waals surface area (Å²) < 4.78 is 42.6. The first-order valence-electron chi connectivity index (χ1n) is 9.16. The van der Waals surface area contributed by atoms with Gasteiger partial charge in [-0.1, -0.05) is 35.5 Å². The molecule has 10 heteroatoms. The fraction of sp³-hybridized carbons (Fsp3) is 0.238. The Labute approximate surface area is 182 Å². The molecule has 1 amide bonds. The molecule has 0 unspecified atom stereocenters. The van der Waals surface area contributed by atoms with Crippen LogP contribution in [0.5, 0.6) is 0 Å². The number of hydrogen-bond acceptors (Lipinski definition) is 5. The van der Waals surface area contributed by atoms with Crippen molar-refractivity contribution in [1.29, 1.82) is 0 Å². The maximum Gasteiger partial charge on any atom is 0.272 e. The van der Waals surface area contributed by atoms with Crippen molar-refractivity contribution in [2.75, 3.05) is 6.54 Å². The van der Waals surface area contributed by atoms with E-state index in [-0.39, 0.29) is 12.1 Å². The molecule has 0 radical (unpaired) electrons. The number of aryl methyl sites for hydroxylation is 3. The lowest BCUT2D eigenvalue weighted by atomic mass is 10.0. The zero-order valence-electron chi connectivity index (χ0n) is 17.0. The van der Waals surface area contributed by atoms with Gasteiger partial charge in [0, 0.05) is 22.0 Å². The topological polar surface area (TPSA) is 67.8 Å². The lowest BCUT2D eigenvalue weighted by Crippen LogP contribution is -2.28. The summed E-state index contributed by atoms with van der Waals surface area (Å²) >= 11 is 1.00. The molecule has 1 aromatic heterocycles. The number of nitrogens with zero attached hydrogens (tertiary/aromatic N) is 3. The van der Waals surface area contributed by atoms with Crippen LogP contribution in [0.15, 0.2) is 46.3 Å². The highest BCUT2D eigenvalue weighted by Gasteiger charge is 2.18. The Kier molecular flexibility index (Phi) is 8.92. The third kappa shape index (κ3) is 6.74. The Balaban J connectivity index is 0.00000166. The summed E-state index contributed by atoms with van der Waals surface area (Å²) in [5.41, 5.74) is 3.63. The number of rotatable bonds is 6. The first-order chi connectivity index (χ1) is 14.8. The number of nitrogens with one attached hydrogen (secondary N) is 1. The van der Waals surface area contributed by atoms with Crippen LogP contribution >= 0.6 is 11.8 Å². The van der Waals surface area contributed by atoms with Gasteiger partial charge >= 0.3 is 0 Å². The minimum Gasteiger partial charge on any atom is -0.350 e. The van der Waals surface area contributed by atoms with Gasteiger partial charge in [0.2, 0.25) is 0 Å². The van der Waals surface area contributed by atoms with Crippen molar-refractivity contribution in [2.24, 2.45) is 0 Å². The van der Waals surface area contributed by atoms with E-state index in [1.807, 2.05) is 19.9 Å². The molecule has 5 nitrogen and oxygen atoms in total. The van der Waals surface area contributed by atoms with Crippen LogP contribution in [0.4, 0.5) is 17.9 Å². The fourth-order valence-corrected chi connectivity index (χ4v) is 3.62. The summed E-state index contributed by atoms with van der Waals surface area (Å²) in [6, 6.07) is 9.67. The minimum atomic E-state index is -0.970. The molecule has 1 heterocycles. The molecular formula is C21H22F4N4OS. The second-order valence-corrected chi connectivity index (χ2v) is 7.69. The zero-order valence-corrected chi connectivity index (χ0v) is 17.9. The van der Waals surface area contributed by atoms with Crippen molar-refractivity contribution in [1.82, 2.24) is 20.5 Å². The van der Waals surface area contributed by atoms with Gasteiger partial charge in [-0.05, 0) is 56.5 Å². The predicted octanol–water partition coefficient (Wildman–Crippen LogP) is 5.29. The first kappa shape index (κ1) is 24.3. The molecule has 0 fully saturated rings. The first-order valence-corrected chi connectivity index (χ1v) is 9.98. The van der Waals surface area contributed by atoms with Crippen molar-refractivity contribution in [2.45, 2.75) is 37.1 Å². The van der Waals surface area contributed by atoms with E-state index in [0.717, 1.165) is 29.5 Å². The maximum absolute atomic E-state index is 13.5. The molecule has 166 valence electrons. The Morgan fingerprint density at radius 3 is 2.45 bits per heavy atom. The maximum atomic E-state index is 13.5. The monoisotopic (exact) mass is 454 g/mol. The summed E-state index contributed by atoms with van der Waals surface area (Å²) in [4.78, 5) is 17.3. The molecule has 0 saturated heterocycles. The second-order valence-electron chi connectivity index (χ2n) is 6.63. The van der Waals surface area contributed by atoms with E-state index in [1.165, 1.54) is 17.2 Å². The summed E-state index contributed by atoms with van der Waals surface area (Å²) in [7, 11) is 0. The molecule has 0 spiro atoms. The molecule has 31 heavy (non-hydrogen) atoms. The van der Waals surface area contributed by atoms with Gasteiger partial charge in [-0.3, -0.25) is 4.79 Å². The average Bonchev–Trinajstić information content (AvgIpc) is 2.75. The summed E-state index contributed by atoms with van der Waals surface area (Å²) in [5, 5.41) is 11.0. The molecular weight excluding hydrogens is 432 g/mol. The molecule has 0 bridgehead atoms. The van der Waals surface area contributed by atoms with Gasteiger partial charge in [0.15, 0.2) is 22.4 Å². The highest BCUT2D eigenvalue weighted by molar-refractivity contribution is 7.99. The largest absolute Gasteiger partial charge is 0.350 e. The Morgan fingerprint density at radius 1 is 1.03 bits per heavy atom. The van der Waals surface area contributed by atoms with E-state index in [9.17, 15) is 13.6 Å². The molecule has 3 rings (SSSR count). The molecule has 0 atom stereocenters. The van der Waals surface area contributed by atoms with Crippen LogP contribution in [0, 0.1) is 32.4 Å². The van der Waals surface area contributed by atoms with Crippen LogP contribution < -0.4 is 5.32 Å². The minimum absolute atomic E-state index is 0. The lowest BCUT2D eigenvalue weighted by molar-refractivity contribution is 0.0944. The van der Waals surface area contributed by atoms with Crippen molar-refractivity contribution >= 4 is 17.7 Å². The van der Waals surface area contributed by atoms with Crippen LogP contribution in [0.1, 0.15) is 34.4 Å². The van der Waals surface area contributed by atoms with E-state index in [2.05, 4.69) is 32.6 Å². The number of aromatic nitrogens is 3. The highest BCUT2D eigenvalue weighted by atomic mass is 32.2. The molecule has 1 N–H and O–H groups in total. The Bertz CT molecular complexity index is 1070. The third-order valence-electron chi connectivity index (χ3n) is 4.26. The van der Waals surface area contributed by atoms with Crippen LogP contribution in [-0.2, 0) is 6.42 Å². The highest BCUT2D eigenvalue weighted by Crippen LogP contribution is 2.28. The number of amides is 1. The van der Waals surface area contributed by atoms with Gasteiger partial charge < -0.3 is 5.32 Å². The van der Waals surface area contributed by atoms with Crippen LogP contribution in [0.3, 0.4) is 0 Å². The molecule has 0 aliphatic rings. The van der Waals surface area contributed by atoms with Crippen LogP contribution in [0.25, 0.3) is 0 Å². The SMILES string of the molecule is Cc1ccc(CCNC(=O)c2nc(C)nnc2Sc2ccc(F)c(F)c2)c(C)c1.FF.[HH]. The van der Waals surface area contributed by atoms with Crippen molar-refractivity contribution < 1.29 is 24.2 Å². The van der Waals surface area contributed by atoms with E-state index < -0.39 is 17.5 Å². The molecule has 3 aromatic rings. The molecule has 0 saturated carbocycles. The van der Waals surface area contributed by atoms with Gasteiger partial charge in [0.05, 0.1) is 0 Å². The van der Waals surface area contributed by atoms with Gasteiger partial charge in [-0.15, -0.1) is 10.2 Å². The number of benzene rings is 2. The van der Waals surface area contributed by atoms with Crippen LogP contribution in [-0.4, -0.2) is 27.6 Å². The summed E-state index contributed by atoms with van der Waals surface area (Å²) in [5.74, 6) is -1.95. The zero-order chi connectivity index (χ0) is 23.0. The number of carbonyl (C=O) groups is 1. The van der Waals surface area contributed by atoms with Crippen molar-refractivity contribution in [3.8, 4) is 0 Å². The van der Waals surface area contributed by atoms with E-state index >= 15 is 0 Å². The Hall–Kier alpha value is -3.01. The van der Waals surface area contributed by atoms with Gasteiger partial charge in [0.25, 0.3) is 5.91 Å². The molecule has 2 aromatic carbocycles. The summed E-state index contributed by atoms with van der Waals surface area (Å²) in [6.45, 7) is 6.14. The van der Waals surface area contributed by atoms with Crippen LogP contribution in [0.2, 0.25) is 0 Å². The van der Waals surface area contributed by atoms with E-state index in [1.54, 1.807) is 6.92 Å². The van der Waals surface area contributed by atoms with Crippen molar-refractivity contribution in [3.05, 3.63) is 76.2 Å². The van der Waals surface area contributed by atoms with E-state index in [0.29, 0.717) is 23.7 Å². The third-order valence-corrected chi connectivity index (χ3v) is 5.22. The average molecular weight is 454 g/mol. The number of hydrogen-bond donors (Lipinski definition) is 1. The Morgan fingerprint density at radius 2 is 1.77 bits per heavy atom. The number of carbonyl (C=O) groups excluding carboxylic acids is 1. The van der Waals surface area contributed by atoms with Crippen molar-refractivity contribution in [3.63, 3.8) is 0 Å². The quantitative estimate of drug-likeness (QED) is 0.513. The molecule has 0 aliphatic heterocycles. The lowest BCUT2D eigenvalue weighted by Gasteiger charge is -2.10. The summed E-state index contributed by atoms with van der Waals surface area (Å²) in [6.07, 6.45) is 0.682. The van der Waals surface area contributed by atoms with Gasteiger partial charge in [-0.25, -0.2) is 13.8 Å². The van der Waals surface area contributed by atoms with Gasteiger partial charge in [-0.2, -0.15) is 0 Å². The smallest absolute Gasteiger partial charge is 0.272 e. The second kappa shape index (κ2) is 11.4.